The number of aliphatic hydroxyl groups excluding tert-OH is 1. The second-order valence-electron chi connectivity index (χ2n) is 6.23. The highest BCUT2D eigenvalue weighted by molar-refractivity contribution is 5.25. The zero-order valence-electron chi connectivity index (χ0n) is 12.4. The fourth-order valence-electron chi connectivity index (χ4n) is 2.70. The molecular weight excluding hydrogens is 236 g/mol. The molecule has 1 saturated heterocycles. The van der Waals surface area contributed by atoms with Crippen LogP contribution in [0.25, 0.3) is 0 Å². The Labute approximate surface area is 116 Å². The maximum Gasteiger partial charge on any atom is 0.0915 e. The van der Waals surface area contributed by atoms with E-state index in [-0.39, 0.29) is 5.60 Å². The van der Waals surface area contributed by atoms with E-state index in [2.05, 4.69) is 38.1 Å². The van der Waals surface area contributed by atoms with Gasteiger partial charge < -0.3 is 9.84 Å². The summed E-state index contributed by atoms with van der Waals surface area (Å²) < 4.78 is 5.81. The van der Waals surface area contributed by atoms with Crippen LogP contribution in [0.1, 0.15) is 57.1 Å². The van der Waals surface area contributed by atoms with E-state index < -0.39 is 6.10 Å². The molecule has 1 aromatic carbocycles. The number of aliphatic hydroxyl groups is 1. The van der Waals surface area contributed by atoms with Crippen LogP contribution in [0.5, 0.6) is 0 Å². The molecule has 0 spiro atoms. The van der Waals surface area contributed by atoms with Gasteiger partial charge in [-0.2, -0.15) is 0 Å². The molecule has 1 aliphatic rings. The fourth-order valence-corrected chi connectivity index (χ4v) is 2.70. The number of hydrogen-bond acceptors (Lipinski definition) is 2. The Hall–Kier alpha value is -0.860. The van der Waals surface area contributed by atoms with Crippen molar-refractivity contribution in [1.82, 2.24) is 0 Å². The number of benzene rings is 1. The van der Waals surface area contributed by atoms with Crippen molar-refractivity contribution in [2.24, 2.45) is 0 Å². The highest BCUT2D eigenvalue weighted by Gasteiger charge is 2.35. The Morgan fingerprint density at radius 2 is 1.89 bits per heavy atom. The van der Waals surface area contributed by atoms with Crippen molar-refractivity contribution < 1.29 is 9.84 Å². The summed E-state index contributed by atoms with van der Waals surface area (Å²) >= 11 is 0. The Morgan fingerprint density at radius 1 is 1.21 bits per heavy atom. The van der Waals surface area contributed by atoms with E-state index in [0.29, 0.717) is 12.3 Å². The lowest BCUT2D eigenvalue weighted by atomic mass is 9.86. The Morgan fingerprint density at radius 3 is 2.42 bits per heavy atom. The van der Waals surface area contributed by atoms with Gasteiger partial charge in [0.05, 0.1) is 11.7 Å². The molecular formula is C17H26O2. The first-order chi connectivity index (χ1) is 9.01. The number of ether oxygens (including phenoxy) is 1. The van der Waals surface area contributed by atoms with E-state index in [4.69, 9.17) is 4.74 Å². The van der Waals surface area contributed by atoms with E-state index in [1.807, 2.05) is 6.92 Å². The van der Waals surface area contributed by atoms with Gasteiger partial charge in [0.25, 0.3) is 0 Å². The van der Waals surface area contributed by atoms with Crippen LogP contribution in [0.15, 0.2) is 24.3 Å². The summed E-state index contributed by atoms with van der Waals surface area (Å²) in [4.78, 5) is 0. The van der Waals surface area contributed by atoms with Gasteiger partial charge in [0, 0.05) is 13.0 Å². The van der Waals surface area contributed by atoms with Crippen molar-refractivity contribution in [1.29, 1.82) is 0 Å². The van der Waals surface area contributed by atoms with Crippen molar-refractivity contribution >= 4 is 0 Å². The van der Waals surface area contributed by atoms with Crippen LogP contribution in [-0.4, -0.2) is 23.4 Å². The molecule has 0 bridgehead atoms. The quantitative estimate of drug-likeness (QED) is 0.897. The van der Waals surface area contributed by atoms with Crippen LogP contribution in [0, 0.1) is 0 Å². The largest absolute Gasteiger partial charge is 0.390 e. The monoisotopic (exact) mass is 262 g/mol. The van der Waals surface area contributed by atoms with Gasteiger partial charge in [-0.05, 0) is 43.2 Å². The summed E-state index contributed by atoms with van der Waals surface area (Å²) in [6.07, 6.45) is 3.48. The summed E-state index contributed by atoms with van der Waals surface area (Å²) in [6, 6.07) is 8.59. The summed E-state index contributed by atoms with van der Waals surface area (Å²) in [6.45, 7) is 7.21. The summed E-state index contributed by atoms with van der Waals surface area (Å²) in [5.74, 6) is 0.554. The SMILES string of the molecule is CC(C)c1ccc(CC(O)C2(C)CCCCO2)cc1. The minimum Gasteiger partial charge on any atom is -0.390 e. The zero-order chi connectivity index (χ0) is 13.9. The van der Waals surface area contributed by atoms with Crippen molar-refractivity contribution in [2.45, 2.75) is 64.1 Å². The lowest BCUT2D eigenvalue weighted by Gasteiger charge is -2.38. The average molecular weight is 262 g/mol. The van der Waals surface area contributed by atoms with Gasteiger partial charge >= 0.3 is 0 Å². The molecule has 0 radical (unpaired) electrons. The normalized spacial score (nSPS) is 25.5. The number of hydrogen-bond donors (Lipinski definition) is 1. The van der Waals surface area contributed by atoms with Gasteiger partial charge in [-0.25, -0.2) is 0 Å². The zero-order valence-corrected chi connectivity index (χ0v) is 12.4. The van der Waals surface area contributed by atoms with Crippen molar-refractivity contribution in [3.63, 3.8) is 0 Å². The van der Waals surface area contributed by atoms with E-state index >= 15 is 0 Å². The Balaban J connectivity index is 1.99. The van der Waals surface area contributed by atoms with Crippen LogP contribution in [0.2, 0.25) is 0 Å². The highest BCUT2D eigenvalue weighted by atomic mass is 16.5. The van der Waals surface area contributed by atoms with Crippen LogP contribution in [-0.2, 0) is 11.2 Å². The lowest BCUT2D eigenvalue weighted by molar-refractivity contribution is -0.135. The van der Waals surface area contributed by atoms with Crippen LogP contribution >= 0.6 is 0 Å². The number of rotatable bonds is 4. The summed E-state index contributed by atoms with van der Waals surface area (Å²) in [5, 5.41) is 10.4. The smallest absolute Gasteiger partial charge is 0.0915 e. The third-order valence-corrected chi connectivity index (χ3v) is 4.28. The van der Waals surface area contributed by atoms with Gasteiger partial charge in [-0.1, -0.05) is 38.1 Å². The molecule has 106 valence electrons. The minimum atomic E-state index is -0.419. The molecule has 0 saturated carbocycles. The molecule has 1 aromatic rings. The van der Waals surface area contributed by atoms with Crippen LogP contribution in [0.4, 0.5) is 0 Å². The first kappa shape index (κ1) is 14.5. The molecule has 0 aromatic heterocycles. The first-order valence-electron chi connectivity index (χ1n) is 7.42. The van der Waals surface area contributed by atoms with E-state index in [1.54, 1.807) is 0 Å². The van der Waals surface area contributed by atoms with E-state index in [0.717, 1.165) is 25.9 Å². The summed E-state index contributed by atoms with van der Waals surface area (Å²) in [7, 11) is 0. The predicted molar refractivity (Wildman–Crippen MR) is 78.4 cm³/mol. The van der Waals surface area contributed by atoms with E-state index in [1.165, 1.54) is 11.1 Å². The maximum absolute atomic E-state index is 10.4. The third kappa shape index (κ3) is 3.58. The van der Waals surface area contributed by atoms with Gasteiger partial charge in [0.1, 0.15) is 0 Å². The second-order valence-corrected chi connectivity index (χ2v) is 6.23. The molecule has 2 rings (SSSR count). The molecule has 2 heteroatoms. The van der Waals surface area contributed by atoms with Crippen LogP contribution < -0.4 is 0 Å². The van der Waals surface area contributed by atoms with Crippen molar-refractivity contribution in [2.75, 3.05) is 6.61 Å². The molecule has 0 aliphatic carbocycles. The molecule has 1 fully saturated rings. The van der Waals surface area contributed by atoms with Gasteiger partial charge in [-0.3, -0.25) is 0 Å². The molecule has 1 heterocycles. The molecule has 1 aliphatic heterocycles. The molecule has 2 nitrogen and oxygen atoms in total. The minimum absolute atomic E-state index is 0.366. The average Bonchev–Trinajstić information content (AvgIpc) is 2.40. The highest BCUT2D eigenvalue weighted by Crippen LogP contribution is 2.29. The Bertz CT molecular complexity index is 388. The lowest BCUT2D eigenvalue weighted by Crippen LogP contribution is -2.45. The summed E-state index contributed by atoms with van der Waals surface area (Å²) in [5.41, 5.74) is 2.17. The fraction of sp³-hybridized carbons (Fsp3) is 0.647. The van der Waals surface area contributed by atoms with Crippen molar-refractivity contribution in [3.8, 4) is 0 Å². The van der Waals surface area contributed by atoms with Crippen LogP contribution in [0.3, 0.4) is 0 Å². The molecule has 1 N–H and O–H groups in total. The van der Waals surface area contributed by atoms with Crippen molar-refractivity contribution in [3.05, 3.63) is 35.4 Å². The molecule has 0 amide bonds. The molecule has 2 atom stereocenters. The van der Waals surface area contributed by atoms with Gasteiger partial charge in [0.15, 0.2) is 0 Å². The predicted octanol–water partition coefficient (Wildman–Crippen LogP) is 3.67. The topological polar surface area (TPSA) is 29.5 Å². The standard InChI is InChI=1S/C17H26O2/c1-13(2)15-8-6-14(7-9-15)12-16(18)17(3)10-4-5-11-19-17/h6-9,13,16,18H,4-5,10-12H2,1-3H3. The second kappa shape index (κ2) is 6.06. The molecule has 2 unspecified atom stereocenters. The Kier molecular flexibility index (Phi) is 4.64. The first-order valence-corrected chi connectivity index (χ1v) is 7.42. The molecule has 19 heavy (non-hydrogen) atoms. The third-order valence-electron chi connectivity index (χ3n) is 4.28. The van der Waals surface area contributed by atoms with E-state index in [9.17, 15) is 5.11 Å². The maximum atomic E-state index is 10.4. The van der Waals surface area contributed by atoms with Gasteiger partial charge in [-0.15, -0.1) is 0 Å². The van der Waals surface area contributed by atoms with Gasteiger partial charge in [0.2, 0.25) is 0 Å².